The van der Waals surface area contributed by atoms with E-state index in [1.165, 1.54) is 6.42 Å². The van der Waals surface area contributed by atoms with E-state index in [0.29, 0.717) is 25.3 Å². The van der Waals surface area contributed by atoms with Crippen LogP contribution in [-0.2, 0) is 14.8 Å². The highest BCUT2D eigenvalue weighted by molar-refractivity contribution is 7.89. The van der Waals surface area contributed by atoms with Gasteiger partial charge in [-0.15, -0.1) is 0 Å². The van der Waals surface area contributed by atoms with Crippen LogP contribution < -0.4 is 10.0 Å². The second-order valence-corrected chi connectivity index (χ2v) is 7.24. The maximum atomic E-state index is 12.0. The van der Waals surface area contributed by atoms with Crippen molar-refractivity contribution in [3.05, 3.63) is 0 Å². The van der Waals surface area contributed by atoms with E-state index in [1.54, 1.807) is 0 Å². The molecule has 1 amide bonds. The maximum Gasteiger partial charge on any atom is 0.220 e. The summed E-state index contributed by atoms with van der Waals surface area (Å²) in [5.74, 6) is 0.574. The van der Waals surface area contributed by atoms with E-state index in [1.807, 2.05) is 0 Å². The summed E-state index contributed by atoms with van der Waals surface area (Å²) >= 11 is 0. The van der Waals surface area contributed by atoms with Gasteiger partial charge in [-0.2, -0.15) is 0 Å². The van der Waals surface area contributed by atoms with Crippen molar-refractivity contribution in [3.63, 3.8) is 0 Å². The Morgan fingerprint density at radius 1 is 1.17 bits per heavy atom. The lowest BCUT2D eigenvalue weighted by Crippen LogP contribution is -2.48. The van der Waals surface area contributed by atoms with Crippen LogP contribution in [0.5, 0.6) is 0 Å². The van der Waals surface area contributed by atoms with Crippen molar-refractivity contribution in [1.82, 2.24) is 10.0 Å². The molecule has 0 bridgehead atoms. The number of amides is 1. The van der Waals surface area contributed by atoms with Gasteiger partial charge < -0.3 is 5.32 Å². The van der Waals surface area contributed by atoms with Gasteiger partial charge in [-0.05, 0) is 25.2 Å². The van der Waals surface area contributed by atoms with Gasteiger partial charge in [0.15, 0.2) is 0 Å². The molecular weight excluding hydrogens is 252 g/mol. The smallest absolute Gasteiger partial charge is 0.220 e. The summed E-state index contributed by atoms with van der Waals surface area (Å²) in [6.07, 6.45) is 6.62. The first kappa shape index (κ1) is 13.8. The summed E-state index contributed by atoms with van der Waals surface area (Å²) in [4.78, 5) is 11.0. The summed E-state index contributed by atoms with van der Waals surface area (Å²) in [6, 6.07) is -0.128. The number of carbonyl (C=O) groups is 1. The van der Waals surface area contributed by atoms with Crippen LogP contribution in [0.25, 0.3) is 0 Å². The molecule has 1 saturated carbocycles. The van der Waals surface area contributed by atoms with Crippen LogP contribution in [0.3, 0.4) is 0 Å². The van der Waals surface area contributed by atoms with Gasteiger partial charge in [0.25, 0.3) is 0 Å². The second kappa shape index (κ2) is 6.02. The third-order valence-corrected chi connectivity index (χ3v) is 5.39. The first-order chi connectivity index (χ1) is 8.55. The maximum absolute atomic E-state index is 12.0. The molecule has 2 N–H and O–H groups in total. The molecule has 0 aromatic heterocycles. The predicted octanol–water partition coefficient (Wildman–Crippen LogP) is 0.765. The highest BCUT2D eigenvalue weighted by Crippen LogP contribution is 2.24. The minimum Gasteiger partial charge on any atom is -0.355 e. The number of hydrogen-bond acceptors (Lipinski definition) is 3. The van der Waals surface area contributed by atoms with Gasteiger partial charge in [-0.3, -0.25) is 4.79 Å². The van der Waals surface area contributed by atoms with Crippen molar-refractivity contribution < 1.29 is 13.2 Å². The van der Waals surface area contributed by atoms with Crippen LogP contribution in [0.15, 0.2) is 0 Å². The van der Waals surface area contributed by atoms with Crippen LogP contribution in [0.1, 0.15) is 44.9 Å². The molecule has 6 heteroatoms. The van der Waals surface area contributed by atoms with Crippen molar-refractivity contribution in [2.75, 3.05) is 12.3 Å². The average molecular weight is 274 g/mol. The Balaban J connectivity index is 1.81. The molecule has 1 saturated heterocycles. The molecule has 5 nitrogen and oxygen atoms in total. The fraction of sp³-hybridized carbons (Fsp3) is 0.917. The normalized spacial score (nSPS) is 26.9. The lowest BCUT2D eigenvalue weighted by Gasteiger charge is -2.26. The fourth-order valence-corrected chi connectivity index (χ4v) is 4.56. The van der Waals surface area contributed by atoms with E-state index in [4.69, 9.17) is 0 Å². The van der Waals surface area contributed by atoms with Gasteiger partial charge in [0.2, 0.25) is 15.9 Å². The topological polar surface area (TPSA) is 75.3 Å². The lowest BCUT2D eigenvalue weighted by molar-refractivity contribution is -0.122. The van der Waals surface area contributed by atoms with E-state index in [0.717, 1.165) is 25.7 Å². The summed E-state index contributed by atoms with van der Waals surface area (Å²) < 4.78 is 26.8. The molecule has 104 valence electrons. The number of carbonyl (C=O) groups excluding carboxylic acids is 1. The third kappa shape index (κ3) is 4.24. The van der Waals surface area contributed by atoms with Gasteiger partial charge in [-0.25, -0.2) is 13.1 Å². The Kier molecular flexibility index (Phi) is 4.61. The summed E-state index contributed by atoms with van der Waals surface area (Å²) in [5.41, 5.74) is 0. The molecule has 0 aromatic rings. The zero-order valence-electron chi connectivity index (χ0n) is 10.7. The average Bonchev–Trinajstić information content (AvgIpc) is 2.32. The third-order valence-electron chi connectivity index (χ3n) is 3.79. The number of sulfonamides is 1. The van der Waals surface area contributed by atoms with Gasteiger partial charge in [0, 0.05) is 19.0 Å². The molecule has 18 heavy (non-hydrogen) atoms. The summed E-state index contributed by atoms with van der Waals surface area (Å²) in [6.45, 7) is 0.419. The Morgan fingerprint density at radius 2 is 1.89 bits per heavy atom. The minimum absolute atomic E-state index is 0.0118. The van der Waals surface area contributed by atoms with Crippen molar-refractivity contribution in [2.24, 2.45) is 5.92 Å². The van der Waals surface area contributed by atoms with E-state index >= 15 is 0 Å². The molecule has 1 unspecified atom stereocenters. The first-order valence-corrected chi connectivity index (χ1v) is 8.47. The quantitative estimate of drug-likeness (QED) is 0.795. The SMILES string of the molecule is O=C1CCC(NS(=O)(=O)CC2CCCCC2)CN1. The molecule has 1 aliphatic carbocycles. The van der Waals surface area contributed by atoms with E-state index in [2.05, 4.69) is 10.0 Å². The standard InChI is InChI=1S/C12H22N2O3S/c15-12-7-6-11(8-13-12)14-18(16,17)9-10-4-2-1-3-5-10/h10-11,14H,1-9H2,(H,13,15). The first-order valence-electron chi connectivity index (χ1n) is 6.82. The second-order valence-electron chi connectivity index (χ2n) is 5.44. The van der Waals surface area contributed by atoms with Crippen LogP contribution in [0.2, 0.25) is 0 Å². The van der Waals surface area contributed by atoms with Crippen molar-refractivity contribution in [2.45, 2.75) is 51.0 Å². The van der Waals surface area contributed by atoms with E-state index in [9.17, 15) is 13.2 Å². The van der Waals surface area contributed by atoms with Crippen LogP contribution in [-0.4, -0.2) is 32.7 Å². The minimum atomic E-state index is -3.20. The van der Waals surface area contributed by atoms with Gasteiger partial charge in [-0.1, -0.05) is 19.3 Å². The Labute approximate surface area is 109 Å². The number of hydrogen-bond donors (Lipinski definition) is 2. The fourth-order valence-electron chi connectivity index (χ4n) is 2.80. The highest BCUT2D eigenvalue weighted by Gasteiger charge is 2.26. The number of nitrogens with one attached hydrogen (secondary N) is 2. The van der Waals surface area contributed by atoms with Gasteiger partial charge in [0.1, 0.15) is 0 Å². The zero-order valence-corrected chi connectivity index (χ0v) is 11.5. The number of rotatable bonds is 4. The van der Waals surface area contributed by atoms with Crippen molar-refractivity contribution >= 4 is 15.9 Å². The summed E-state index contributed by atoms with van der Waals surface area (Å²) in [7, 11) is -3.20. The molecule has 0 radical (unpaired) electrons. The number of piperidine rings is 1. The van der Waals surface area contributed by atoms with Crippen molar-refractivity contribution in [3.8, 4) is 0 Å². The molecule has 2 fully saturated rings. The van der Waals surface area contributed by atoms with Crippen LogP contribution >= 0.6 is 0 Å². The Hall–Kier alpha value is -0.620. The van der Waals surface area contributed by atoms with Crippen molar-refractivity contribution in [1.29, 1.82) is 0 Å². The van der Waals surface area contributed by atoms with E-state index in [-0.39, 0.29) is 17.7 Å². The molecule has 2 rings (SSSR count). The largest absolute Gasteiger partial charge is 0.355 e. The van der Waals surface area contributed by atoms with Crippen LogP contribution in [0, 0.1) is 5.92 Å². The molecule has 0 aromatic carbocycles. The van der Waals surface area contributed by atoms with Gasteiger partial charge >= 0.3 is 0 Å². The molecular formula is C12H22N2O3S. The van der Waals surface area contributed by atoms with E-state index < -0.39 is 10.0 Å². The highest BCUT2D eigenvalue weighted by atomic mass is 32.2. The summed E-state index contributed by atoms with van der Waals surface area (Å²) in [5, 5.41) is 2.69. The monoisotopic (exact) mass is 274 g/mol. The van der Waals surface area contributed by atoms with Crippen LogP contribution in [0.4, 0.5) is 0 Å². The molecule has 2 aliphatic rings. The Morgan fingerprint density at radius 3 is 2.50 bits per heavy atom. The molecule has 1 aliphatic heterocycles. The van der Waals surface area contributed by atoms with Gasteiger partial charge in [0.05, 0.1) is 5.75 Å². The lowest BCUT2D eigenvalue weighted by atomic mass is 9.91. The molecule has 1 heterocycles. The Bertz CT molecular complexity index is 378. The predicted molar refractivity (Wildman–Crippen MR) is 69.5 cm³/mol. The molecule has 1 atom stereocenters. The molecule has 0 spiro atoms. The zero-order chi connectivity index (χ0) is 13.0.